The quantitative estimate of drug-likeness (QED) is 0.792. The molecule has 4 rings (SSSR count). The number of aromatic amines is 1. The van der Waals surface area contributed by atoms with Crippen molar-refractivity contribution in [1.82, 2.24) is 20.1 Å². The van der Waals surface area contributed by atoms with E-state index in [1.165, 1.54) is 5.56 Å². The highest BCUT2D eigenvalue weighted by atomic mass is 16.2. The Kier molecular flexibility index (Phi) is 3.33. The Morgan fingerprint density at radius 2 is 2.13 bits per heavy atom. The molecule has 0 spiro atoms. The highest BCUT2D eigenvalue weighted by Crippen LogP contribution is 2.28. The summed E-state index contributed by atoms with van der Waals surface area (Å²) in [5.41, 5.74) is 3.53. The molecule has 2 aromatic heterocycles. The van der Waals surface area contributed by atoms with Crippen molar-refractivity contribution >= 4 is 16.8 Å². The van der Waals surface area contributed by atoms with E-state index >= 15 is 0 Å². The Bertz CT molecular complexity index is 856. The van der Waals surface area contributed by atoms with E-state index in [0.29, 0.717) is 11.6 Å². The Morgan fingerprint density at radius 1 is 1.30 bits per heavy atom. The van der Waals surface area contributed by atoms with Gasteiger partial charge >= 0.3 is 0 Å². The first-order valence-electron chi connectivity index (χ1n) is 7.87. The van der Waals surface area contributed by atoms with E-state index in [4.69, 9.17) is 0 Å². The summed E-state index contributed by atoms with van der Waals surface area (Å²) in [6, 6.07) is 12.2. The van der Waals surface area contributed by atoms with Crippen LogP contribution in [0, 0.1) is 6.92 Å². The predicted molar refractivity (Wildman–Crippen MR) is 88.3 cm³/mol. The van der Waals surface area contributed by atoms with Crippen LogP contribution in [0.2, 0.25) is 0 Å². The number of aromatic nitrogens is 3. The lowest BCUT2D eigenvalue weighted by atomic mass is 9.99. The summed E-state index contributed by atoms with van der Waals surface area (Å²) in [5.74, 6) is 0.405. The van der Waals surface area contributed by atoms with Gasteiger partial charge in [0, 0.05) is 36.3 Å². The Labute approximate surface area is 134 Å². The molecule has 0 saturated carbocycles. The van der Waals surface area contributed by atoms with E-state index in [1.807, 2.05) is 17.9 Å². The van der Waals surface area contributed by atoms with E-state index in [9.17, 15) is 4.79 Å². The van der Waals surface area contributed by atoms with Crippen molar-refractivity contribution in [3.63, 3.8) is 0 Å². The molecule has 116 valence electrons. The van der Waals surface area contributed by atoms with Crippen molar-refractivity contribution in [1.29, 1.82) is 0 Å². The lowest BCUT2D eigenvalue weighted by Crippen LogP contribution is -2.29. The fourth-order valence-corrected chi connectivity index (χ4v) is 3.25. The number of fused-ring (bicyclic) bond motifs is 1. The Hall–Kier alpha value is -2.69. The number of rotatable bonds is 2. The zero-order valence-electron chi connectivity index (χ0n) is 13.0. The van der Waals surface area contributed by atoms with Gasteiger partial charge in [0.15, 0.2) is 0 Å². The number of likely N-dealkylation sites (tertiary alicyclic amines) is 1. The van der Waals surface area contributed by atoms with Gasteiger partial charge in [0.1, 0.15) is 5.69 Å². The smallest absolute Gasteiger partial charge is 0.272 e. The fraction of sp³-hybridized carbons (Fsp3) is 0.278. The zero-order valence-corrected chi connectivity index (χ0v) is 13.0. The molecule has 1 amide bonds. The molecule has 5 heteroatoms. The SMILES string of the molecule is Cc1[nH]nc2cc(C(=O)N3CCC(c4ccccc4)C3)ncc12. The maximum atomic E-state index is 12.7. The van der Waals surface area contributed by atoms with Crippen molar-refractivity contribution in [2.75, 3.05) is 13.1 Å². The van der Waals surface area contributed by atoms with Crippen LogP contribution in [-0.2, 0) is 0 Å². The second kappa shape index (κ2) is 5.50. The Balaban J connectivity index is 1.54. The maximum absolute atomic E-state index is 12.7. The average Bonchev–Trinajstić information content (AvgIpc) is 3.22. The third kappa shape index (κ3) is 2.48. The van der Waals surface area contributed by atoms with Gasteiger partial charge in [0.2, 0.25) is 0 Å². The fourth-order valence-electron chi connectivity index (χ4n) is 3.25. The largest absolute Gasteiger partial charge is 0.337 e. The molecule has 3 aromatic rings. The van der Waals surface area contributed by atoms with Crippen molar-refractivity contribution in [2.45, 2.75) is 19.3 Å². The minimum absolute atomic E-state index is 0.00835. The van der Waals surface area contributed by atoms with Crippen molar-refractivity contribution in [3.05, 3.63) is 59.5 Å². The normalized spacial score (nSPS) is 17.8. The third-order valence-electron chi connectivity index (χ3n) is 4.60. The molecule has 3 heterocycles. The van der Waals surface area contributed by atoms with E-state index < -0.39 is 0 Å². The molecule has 1 fully saturated rings. The van der Waals surface area contributed by atoms with Crippen LogP contribution in [0.25, 0.3) is 10.9 Å². The standard InChI is InChI=1S/C18H18N4O/c1-12-15-10-19-17(9-16(15)21-20-12)18(23)22-8-7-14(11-22)13-5-3-2-4-6-13/h2-6,9-10,14H,7-8,11H2,1H3,(H,20,21). The van der Waals surface area contributed by atoms with Gasteiger partial charge < -0.3 is 4.90 Å². The van der Waals surface area contributed by atoms with E-state index in [1.54, 1.807) is 12.3 Å². The minimum atomic E-state index is -0.00835. The van der Waals surface area contributed by atoms with E-state index in [0.717, 1.165) is 36.1 Å². The van der Waals surface area contributed by atoms with Crippen LogP contribution >= 0.6 is 0 Å². The summed E-state index contributed by atoms with van der Waals surface area (Å²) < 4.78 is 0. The Morgan fingerprint density at radius 3 is 2.96 bits per heavy atom. The maximum Gasteiger partial charge on any atom is 0.272 e. The van der Waals surface area contributed by atoms with Crippen LogP contribution in [0.15, 0.2) is 42.6 Å². The third-order valence-corrected chi connectivity index (χ3v) is 4.60. The lowest BCUT2D eigenvalue weighted by Gasteiger charge is -2.16. The number of nitrogens with one attached hydrogen (secondary N) is 1. The van der Waals surface area contributed by atoms with Gasteiger partial charge in [-0.05, 0) is 25.0 Å². The molecule has 1 aliphatic rings. The van der Waals surface area contributed by atoms with Crippen LogP contribution in [0.3, 0.4) is 0 Å². The topological polar surface area (TPSA) is 61.9 Å². The first kappa shape index (κ1) is 13.9. The summed E-state index contributed by atoms with van der Waals surface area (Å²) in [7, 11) is 0. The number of carbonyl (C=O) groups excluding carboxylic acids is 1. The second-order valence-corrected chi connectivity index (χ2v) is 6.08. The summed E-state index contributed by atoms with van der Waals surface area (Å²) in [6.45, 7) is 3.48. The summed E-state index contributed by atoms with van der Waals surface area (Å²) >= 11 is 0. The number of nitrogens with zero attached hydrogens (tertiary/aromatic N) is 3. The number of hydrogen-bond donors (Lipinski definition) is 1. The van der Waals surface area contributed by atoms with Gasteiger partial charge in [-0.3, -0.25) is 14.9 Å². The average molecular weight is 306 g/mol. The van der Waals surface area contributed by atoms with Crippen LogP contribution < -0.4 is 0 Å². The van der Waals surface area contributed by atoms with Crippen LogP contribution in [0.4, 0.5) is 0 Å². The van der Waals surface area contributed by atoms with Gasteiger partial charge in [-0.2, -0.15) is 5.10 Å². The van der Waals surface area contributed by atoms with E-state index in [2.05, 4.69) is 39.4 Å². The minimum Gasteiger partial charge on any atom is -0.337 e. The van der Waals surface area contributed by atoms with Crippen molar-refractivity contribution in [3.8, 4) is 0 Å². The highest BCUT2D eigenvalue weighted by molar-refractivity contribution is 5.96. The highest BCUT2D eigenvalue weighted by Gasteiger charge is 2.28. The number of amides is 1. The molecule has 1 unspecified atom stereocenters. The molecule has 5 nitrogen and oxygen atoms in total. The van der Waals surface area contributed by atoms with Crippen LogP contribution in [-0.4, -0.2) is 39.1 Å². The van der Waals surface area contributed by atoms with Crippen molar-refractivity contribution in [2.24, 2.45) is 0 Å². The van der Waals surface area contributed by atoms with Gasteiger partial charge in [-0.15, -0.1) is 0 Å². The number of H-pyrrole nitrogens is 1. The molecule has 1 N–H and O–H groups in total. The van der Waals surface area contributed by atoms with Gasteiger partial charge in [0.05, 0.1) is 5.52 Å². The molecule has 0 bridgehead atoms. The van der Waals surface area contributed by atoms with Crippen LogP contribution in [0.1, 0.15) is 34.1 Å². The second-order valence-electron chi connectivity index (χ2n) is 6.08. The lowest BCUT2D eigenvalue weighted by molar-refractivity contribution is 0.0785. The molecule has 0 radical (unpaired) electrons. The number of benzene rings is 1. The number of pyridine rings is 1. The first-order chi connectivity index (χ1) is 11.2. The molecule has 1 aromatic carbocycles. The van der Waals surface area contributed by atoms with Gasteiger partial charge in [-0.25, -0.2) is 0 Å². The molecular weight excluding hydrogens is 288 g/mol. The molecule has 1 saturated heterocycles. The number of hydrogen-bond acceptors (Lipinski definition) is 3. The van der Waals surface area contributed by atoms with Crippen LogP contribution in [0.5, 0.6) is 0 Å². The predicted octanol–water partition coefficient (Wildman–Crippen LogP) is 2.90. The summed E-state index contributed by atoms with van der Waals surface area (Å²) in [5, 5.41) is 8.10. The molecule has 1 aliphatic heterocycles. The molecular formula is C18H18N4O. The van der Waals surface area contributed by atoms with Crippen molar-refractivity contribution < 1.29 is 4.79 Å². The molecule has 23 heavy (non-hydrogen) atoms. The molecule has 0 aliphatic carbocycles. The number of carbonyl (C=O) groups is 1. The summed E-state index contributed by atoms with van der Waals surface area (Å²) in [4.78, 5) is 18.9. The first-order valence-corrected chi connectivity index (χ1v) is 7.87. The van der Waals surface area contributed by atoms with Gasteiger partial charge in [0.25, 0.3) is 5.91 Å². The van der Waals surface area contributed by atoms with E-state index in [-0.39, 0.29) is 5.91 Å². The monoisotopic (exact) mass is 306 g/mol. The number of aryl methyl sites for hydroxylation is 1. The zero-order chi connectivity index (χ0) is 15.8. The molecule has 1 atom stereocenters. The summed E-state index contributed by atoms with van der Waals surface area (Å²) in [6.07, 6.45) is 2.73. The van der Waals surface area contributed by atoms with Gasteiger partial charge in [-0.1, -0.05) is 30.3 Å².